The van der Waals surface area contributed by atoms with Gasteiger partial charge in [-0.05, 0) is 54.6 Å². The fraction of sp³-hybridized carbons (Fsp3) is 0.0625. The number of nitrogens with one attached hydrogen (secondary N) is 6. The van der Waals surface area contributed by atoms with Crippen molar-refractivity contribution in [2.45, 2.75) is 0 Å². The molecule has 2 aliphatic rings. The molecule has 0 saturated carbocycles. The van der Waals surface area contributed by atoms with Crippen LogP contribution in [0.5, 0.6) is 0 Å². The molecule has 0 saturated heterocycles. The molecule has 59 heavy (non-hydrogen) atoms. The van der Waals surface area contributed by atoms with Gasteiger partial charge < -0.3 is 36.4 Å². The molecule has 14 N–H and O–H groups in total. The molecule has 2 aliphatic heterocycles. The van der Waals surface area contributed by atoms with Crippen LogP contribution in [0.2, 0.25) is 0 Å². The second kappa shape index (κ2) is 19.7. The molecule has 0 aromatic heterocycles. The summed E-state index contributed by atoms with van der Waals surface area (Å²) in [5.74, 6) is -7.24. The van der Waals surface area contributed by atoms with Crippen LogP contribution in [-0.2, 0) is 0 Å². The molecule has 0 fully saturated rings. The lowest BCUT2D eigenvalue weighted by Gasteiger charge is -2.33. The summed E-state index contributed by atoms with van der Waals surface area (Å²) in [4.78, 5) is 67.3. The zero-order chi connectivity index (χ0) is 43.4. The Morgan fingerprint density at radius 3 is 1.10 bits per heavy atom. The highest BCUT2D eigenvalue weighted by Crippen LogP contribution is 2.20. The van der Waals surface area contributed by atoms with Crippen molar-refractivity contribution in [2.75, 3.05) is 29.7 Å². The fourth-order valence-electron chi connectivity index (χ4n) is 4.64. The Morgan fingerprint density at radius 2 is 0.831 bits per heavy atom. The highest BCUT2D eigenvalue weighted by Gasteiger charge is 2.20. The summed E-state index contributed by atoms with van der Waals surface area (Å²) in [6.45, 7) is 0.186. The van der Waals surface area contributed by atoms with E-state index in [-0.39, 0.29) is 75.2 Å². The third-order valence-electron chi connectivity index (χ3n) is 7.15. The number of nitrogen functional groups attached to an aromatic ring is 1. The molecular formula is C32H31Cl2N13O12. The van der Waals surface area contributed by atoms with E-state index < -0.39 is 35.8 Å². The lowest BCUT2D eigenvalue weighted by atomic mass is 10.1. The molecule has 3 aromatic carbocycles. The minimum atomic E-state index is -1.34. The highest BCUT2D eigenvalue weighted by molar-refractivity contribution is 6.13. The highest BCUT2D eigenvalue weighted by atomic mass is 35.5. The maximum absolute atomic E-state index is 11.6. The molecule has 25 nitrogen and oxygen atoms in total. The lowest BCUT2D eigenvalue weighted by molar-refractivity contribution is 0.0676. The number of carboxylic acids is 6. The Labute approximate surface area is 340 Å². The molecule has 2 heterocycles. The summed E-state index contributed by atoms with van der Waals surface area (Å²) in [7, 11) is 0. The number of hydrogen-bond acceptors (Lipinski definition) is 19. The number of nitrogens with zero attached hydrogens (tertiary/aromatic N) is 6. The molecule has 0 aliphatic carbocycles. The van der Waals surface area contributed by atoms with Crippen LogP contribution in [0.1, 0.15) is 62.1 Å². The van der Waals surface area contributed by atoms with Gasteiger partial charge >= 0.3 is 35.8 Å². The summed E-state index contributed by atoms with van der Waals surface area (Å²) in [6, 6.07) is 10.4. The third-order valence-corrected chi connectivity index (χ3v) is 7.49. The van der Waals surface area contributed by atoms with Crippen molar-refractivity contribution in [3.05, 3.63) is 112 Å². The second-order valence-corrected chi connectivity index (χ2v) is 12.0. The summed E-state index contributed by atoms with van der Waals surface area (Å²) in [6.07, 6.45) is 5.71. The predicted molar refractivity (Wildman–Crippen MR) is 207 cm³/mol. The molecule has 0 unspecified atom stereocenters. The van der Waals surface area contributed by atoms with Gasteiger partial charge in [-0.15, -0.1) is 19.5 Å². The zero-order valence-electron chi connectivity index (χ0n) is 29.6. The molecule has 27 heteroatoms. The number of carboxylic acid groups (broad SMARTS) is 6. The summed E-state index contributed by atoms with van der Waals surface area (Å²) < 4.78 is 1.73. The van der Waals surface area contributed by atoms with Crippen LogP contribution in [0.4, 0.5) is 17.1 Å². The van der Waals surface area contributed by atoms with E-state index in [4.69, 9.17) is 39.5 Å². The topological polar surface area (TPSA) is 360 Å². The van der Waals surface area contributed by atoms with Crippen molar-refractivity contribution >= 4 is 88.9 Å². The number of benzene rings is 3. The van der Waals surface area contributed by atoms with Crippen molar-refractivity contribution in [3.8, 4) is 0 Å². The molecule has 0 spiro atoms. The quantitative estimate of drug-likeness (QED) is 0.0397. The molecule has 5 rings (SSSR count). The van der Waals surface area contributed by atoms with Gasteiger partial charge in [0.15, 0.2) is 11.6 Å². The van der Waals surface area contributed by atoms with Crippen LogP contribution in [-0.4, -0.2) is 111 Å². The van der Waals surface area contributed by atoms with Gasteiger partial charge in [-0.3, -0.25) is 10.9 Å². The average molecular weight is 861 g/mol. The number of allylic oxidation sites excluding steroid dienone is 2. The van der Waals surface area contributed by atoms with Crippen molar-refractivity contribution in [2.24, 2.45) is 10.2 Å². The molecule has 0 amide bonds. The molecule has 0 atom stereocenters. The van der Waals surface area contributed by atoms with Crippen molar-refractivity contribution in [1.82, 2.24) is 41.2 Å². The number of carbonyl (C=O) groups is 6. The maximum atomic E-state index is 11.6. The Morgan fingerprint density at radius 1 is 0.542 bits per heavy atom. The minimum Gasteiger partial charge on any atom is -0.478 e. The van der Waals surface area contributed by atoms with Crippen molar-refractivity contribution in [1.29, 1.82) is 0 Å². The predicted octanol–water partition coefficient (Wildman–Crippen LogP) is 1.71. The third kappa shape index (κ3) is 12.8. The van der Waals surface area contributed by atoms with E-state index in [1.54, 1.807) is 0 Å². The van der Waals surface area contributed by atoms with Gasteiger partial charge in [-0.2, -0.15) is 0 Å². The first-order valence-corrected chi connectivity index (χ1v) is 16.7. The number of hydrazone groups is 2. The monoisotopic (exact) mass is 859 g/mol. The van der Waals surface area contributed by atoms with E-state index in [0.29, 0.717) is 0 Å². The van der Waals surface area contributed by atoms with E-state index in [0.717, 1.165) is 27.5 Å². The van der Waals surface area contributed by atoms with Gasteiger partial charge in [0.1, 0.15) is 0 Å². The summed E-state index contributed by atoms with van der Waals surface area (Å²) in [5.41, 5.74) is 21.5. The number of halogens is 2. The van der Waals surface area contributed by atoms with E-state index in [9.17, 15) is 49.2 Å². The number of hydrogen-bond donors (Lipinski definition) is 13. The number of nitrogens with two attached hydrogens (primary N) is 1. The van der Waals surface area contributed by atoms with Gasteiger partial charge in [0, 0.05) is 30.9 Å². The first-order valence-electron chi connectivity index (χ1n) is 16.0. The molecular weight excluding hydrogens is 829 g/mol. The van der Waals surface area contributed by atoms with Gasteiger partial charge in [-0.1, -0.05) is 0 Å². The van der Waals surface area contributed by atoms with Gasteiger partial charge in [-0.25, -0.2) is 60.7 Å². The van der Waals surface area contributed by atoms with Gasteiger partial charge in [0.25, 0.3) is 0 Å². The van der Waals surface area contributed by atoms with Gasteiger partial charge in [0.2, 0.25) is 0 Å². The van der Waals surface area contributed by atoms with Crippen LogP contribution in [0.3, 0.4) is 0 Å². The number of anilines is 3. The molecule has 0 radical (unpaired) electrons. The lowest BCUT2D eigenvalue weighted by Crippen LogP contribution is -2.53. The second-order valence-electron chi connectivity index (χ2n) is 11.4. The molecule has 310 valence electrons. The first-order chi connectivity index (χ1) is 27.9. The van der Waals surface area contributed by atoms with Crippen molar-refractivity contribution in [3.63, 3.8) is 0 Å². The Balaban J connectivity index is 0.000000502. The molecule has 0 bridgehead atoms. The summed E-state index contributed by atoms with van der Waals surface area (Å²) in [5, 5.41) is 65.1. The normalized spacial score (nSPS) is 12.6. The minimum absolute atomic E-state index is 0.0928. The van der Waals surface area contributed by atoms with E-state index >= 15 is 0 Å². The van der Waals surface area contributed by atoms with E-state index in [1.807, 2.05) is 0 Å². The van der Waals surface area contributed by atoms with E-state index in [2.05, 4.69) is 42.8 Å². The van der Waals surface area contributed by atoms with Crippen LogP contribution in [0.25, 0.3) is 0 Å². The van der Waals surface area contributed by atoms with E-state index in [1.165, 1.54) is 71.2 Å². The van der Waals surface area contributed by atoms with Crippen LogP contribution in [0.15, 0.2) is 88.6 Å². The summed E-state index contributed by atoms with van der Waals surface area (Å²) >= 11 is 11.9. The number of rotatable bonds is 17. The maximum Gasteiger partial charge on any atom is 0.335 e. The number of aromatic carboxylic acids is 6. The average Bonchev–Trinajstić information content (AvgIpc) is 3.18. The Kier molecular flexibility index (Phi) is 14.6. The largest absolute Gasteiger partial charge is 0.478 e. The molecule has 3 aromatic rings. The zero-order valence-corrected chi connectivity index (χ0v) is 31.1. The fourth-order valence-corrected chi connectivity index (χ4v) is 4.91. The SMILES string of the molecule is Nc1cc(C(=O)O)cc(C(=O)O)c1.O=C(O)c1cc(NN(NCCNN(Nc2cc(C(=O)O)cc(C(=O)O)c2)C2=CC=NN(Cl)N2)C2=CC=NN(Cl)N2)cc(C(=O)O)c1. The smallest absolute Gasteiger partial charge is 0.335 e. The Hall–Kier alpha value is -8.00. The van der Waals surface area contributed by atoms with Crippen LogP contribution >= 0.6 is 23.6 Å². The Bertz CT molecular complexity index is 2060. The number of hydrazine groups is 6. The standard InChI is InChI=1S/C24H24Cl2N12O8.C8H7NO4/c25-37-29-3-1-19(33-37)35(31-17-9-13(21(39)40)7-14(10-17)22(41)42)27-5-6-28-36(20-2-4-30-38(26)34-20)32-18-11-15(23(43)44)8-16(12-18)24(45)46;9-6-2-4(7(10)11)1-5(3-6)8(12)13/h1-4,7-12,27-28,31-34H,5-6H2,(H,39,40)(H,41,42)(H,43,44)(H,45,46);1-3H,9H2,(H,10,11)(H,12,13). The van der Waals surface area contributed by atoms with Crippen LogP contribution in [0, 0.1) is 0 Å². The first kappa shape index (κ1) is 43.7. The van der Waals surface area contributed by atoms with Crippen molar-refractivity contribution < 1.29 is 59.4 Å². The van der Waals surface area contributed by atoms with Gasteiger partial charge in [0.05, 0.1) is 80.7 Å². The van der Waals surface area contributed by atoms with Crippen LogP contribution < -0.4 is 38.3 Å².